The van der Waals surface area contributed by atoms with Gasteiger partial charge in [-0.1, -0.05) is 6.07 Å². The molecule has 2 N–H and O–H groups in total. The third-order valence-corrected chi connectivity index (χ3v) is 3.54. The maximum absolute atomic E-state index is 12.0. The monoisotopic (exact) mass is 307 g/mol. The number of nitrogens with zero attached hydrogens (tertiary/aromatic N) is 2. The standard InChI is InChI=1S/C15H21N3O4/c1-22-14-7-4-5-11(17-14)9-16-13(20)10-18-8-3-2-6-12(19)15(18)21/h4-5,7,12,19H,2-3,6,8-10H2,1H3,(H,16,20). The molecule has 7 nitrogen and oxygen atoms in total. The summed E-state index contributed by atoms with van der Waals surface area (Å²) in [4.78, 5) is 29.5. The number of carbonyl (C=O) groups excluding carboxylic acids is 2. The van der Waals surface area contributed by atoms with Gasteiger partial charge in [0, 0.05) is 12.6 Å². The predicted molar refractivity (Wildman–Crippen MR) is 79.1 cm³/mol. The van der Waals surface area contributed by atoms with Crippen LogP contribution in [0.4, 0.5) is 0 Å². The van der Waals surface area contributed by atoms with Gasteiger partial charge in [-0.05, 0) is 25.3 Å². The molecule has 120 valence electrons. The van der Waals surface area contributed by atoms with Crippen LogP contribution in [0.5, 0.6) is 5.88 Å². The molecule has 0 aliphatic carbocycles. The third kappa shape index (κ3) is 4.42. The van der Waals surface area contributed by atoms with Crippen LogP contribution in [0.1, 0.15) is 25.0 Å². The molecule has 0 bridgehead atoms. The topological polar surface area (TPSA) is 91.8 Å². The van der Waals surface area contributed by atoms with E-state index in [0.717, 1.165) is 12.8 Å². The molecule has 1 fully saturated rings. The number of pyridine rings is 1. The molecule has 2 heterocycles. The maximum atomic E-state index is 12.0. The molecule has 0 radical (unpaired) electrons. The molecule has 1 saturated heterocycles. The molecule has 2 rings (SSSR count). The summed E-state index contributed by atoms with van der Waals surface area (Å²) in [5.74, 6) is -0.156. The highest BCUT2D eigenvalue weighted by molar-refractivity contribution is 5.87. The molecule has 1 aliphatic rings. The van der Waals surface area contributed by atoms with Gasteiger partial charge in [0.2, 0.25) is 11.8 Å². The zero-order chi connectivity index (χ0) is 15.9. The van der Waals surface area contributed by atoms with Gasteiger partial charge in [-0.25, -0.2) is 4.98 Å². The summed E-state index contributed by atoms with van der Waals surface area (Å²) in [6.45, 7) is 0.723. The number of aromatic nitrogens is 1. The van der Waals surface area contributed by atoms with Crippen molar-refractivity contribution in [3.05, 3.63) is 23.9 Å². The minimum Gasteiger partial charge on any atom is -0.481 e. The van der Waals surface area contributed by atoms with Crippen LogP contribution in [-0.2, 0) is 16.1 Å². The lowest BCUT2D eigenvalue weighted by molar-refractivity contribution is -0.142. The van der Waals surface area contributed by atoms with E-state index in [1.165, 1.54) is 12.0 Å². The Hall–Kier alpha value is -2.15. The number of likely N-dealkylation sites (tertiary alicyclic amines) is 1. The molecule has 2 amide bonds. The molecule has 1 aromatic heterocycles. The van der Waals surface area contributed by atoms with Crippen molar-refractivity contribution in [2.45, 2.75) is 31.9 Å². The van der Waals surface area contributed by atoms with Gasteiger partial charge < -0.3 is 20.1 Å². The lowest BCUT2D eigenvalue weighted by Crippen LogP contribution is -2.44. The van der Waals surface area contributed by atoms with Crippen LogP contribution in [0.3, 0.4) is 0 Å². The van der Waals surface area contributed by atoms with Crippen molar-refractivity contribution in [1.82, 2.24) is 15.2 Å². The second kappa shape index (κ2) is 7.74. The van der Waals surface area contributed by atoms with Crippen LogP contribution in [-0.4, -0.2) is 53.1 Å². The first kappa shape index (κ1) is 16.2. The van der Waals surface area contributed by atoms with E-state index >= 15 is 0 Å². The number of methoxy groups -OCH3 is 1. The van der Waals surface area contributed by atoms with E-state index in [2.05, 4.69) is 10.3 Å². The van der Waals surface area contributed by atoms with Crippen molar-refractivity contribution in [3.8, 4) is 5.88 Å². The molecule has 7 heteroatoms. The van der Waals surface area contributed by atoms with Crippen LogP contribution in [0.2, 0.25) is 0 Å². The Labute approximate surface area is 129 Å². The summed E-state index contributed by atoms with van der Waals surface area (Å²) in [5, 5.41) is 12.4. The summed E-state index contributed by atoms with van der Waals surface area (Å²) in [6.07, 6.45) is 1.06. The van der Waals surface area contributed by atoms with Crippen molar-refractivity contribution in [3.63, 3.8) is 0 Å². The average Bonchev–Trinajstić information content (AvgIpc) is 2.69. The highest BCUT2D eigenvalue weighted by Crippen LogP contribution is 2.11. The van der Waals surface area contributed by atoms with E-state index in [9.17, 15) is 14.7 Å². The van der Waals surface area contributed by atoms with Crippen LogP contribution in [0.25, 0.3) is 0 Å². The Morgan fingerprint density at radius 3 is 3.09 bits per heavy atom. The van der Waals surface area contributed by atoms with E-state index in [1.807, 2.05) is 0 Å². The molecule has 1 unspecified atom stereocenters. The Kier molecular flexibility index (Phi) is 5.71. The fourth-order valence-electron chi connectivity index (χ4n) is 2.33. The molecule has 1 aromatic rings. The van der Waals surface area contributed by atoms with Crippen molar-refractivity contribution in [2.75, 3.05) is 20.2 Å². The molecule has 0 spiro atoms. The van der Waals surface area contributed by atoms with Crippen LogP contribution in [0, 0.1) is 0 Å². The third-order valence-electron chi connectivity index (χ3n) is 3.54. The number of ether oxygens (including phenoxy) is 1. The summed E-state index contributed by atoms with van der Waals surface area (Å²) in [6, 6.07) is 5.30. The van der Waals surface area contributed by atoms with Crippen LogP contribution in [0.15, 0.2) is 18.2 Å². The lowest BCUT2D eigenvalue weighted by Gasteiger charge is -2.21. The van der Waals surface area contributed by atoms with Gasteiger partial charge >= 0.3 is 0 Å². The van der Waals surface area contributed by atoms with E-state index in [4.69, 9.17) is 4.74 Å². The number of carbonyl (C=O) groups is 2. The normalized spacial score (nSPS) is 18.7. The van der Waals surface area contributed by atoms with E-state index in [0.29, 0.717) is 24.5 Å². The van der Waals surface area contributed by atoms with Gasteiger partial charge in [0.1, 0.15) is 6.10 Å². The first-order valence-electron chi connectivity index (χ1n) is 7.33. The molecule has 1 aliphatic heterocycles. The smallest absolute Gasteiger partial charge is 0.251 e. The van der Waals surface area contributed by atoms with Gasteiger partial charge in [0.05, 0.1) is 25.9 Å². The maximum Gasteiger partial charge on any atom is 0.251 e. The van der Waals surface area contributed by atoms with Gasteiger partial charge in [-0.2, -0.15) is 0 Å². The fraction of sp³-hybridized carbons (Fsp3) is 0.533. The lowest BCUT2D eigenvalue weighted by atomic mass is 10.2. The van der Waals surface area contributed by atoms with Crippen molar-refractivity contribution in [2.24, 2.45) is 0 Å². The summed E-state index contributed by atoms with van der Waals surface area (Å²) < 4.78 is 5.02. The van der Waals surface area contributed by atoms with Crippen molar-refractivity contribution >= 4 is 11.8 Å². The Balaban J connectivity index is 1.85. The number of amides is 2. The number of hydrogen-bond acceptors (Lipinski definition) is 5. The van der Waals surface area contributed by atoms with E-state index < -0.39 is 6.10 Å². The molecular formula is C15H21N3O4. The van der Waals surface area contributed by atoms with Gasteiger partial charge in [-0.3, -0.25) is 9.59 Å². The van der Waals surface area contributed by atoms with Crippen LogP contribution < -0.4 is 10.1 Å². The van der Waals surface area contributed by atoms with E-state index in [1.54, 1.807) is 18.2 Å². The molecule has 0 saturated carbocycles. The van der Waals surface area contributed by atoms with Crippen molar-refractivity contribution < 1.29 is 19.4 Å². The summed E-state index contributed by atoms with van der Waals surface area (Å²) in [7, 11) is 1.53. The SMILES string of the molecule is COc1cccc(CNC(=O)CN2CCCCC(O)C2=O)n1. The number of rotatable bonds is 5. The Morgan fingerprint density at radius 2 is 2.32 bits per heavy atom. The van der Waals surface area contributed by atoms with Gasteiger partial charge in [0.15, 0.2) is 0 Å². The number of aliphatic hydroxyl groups excluding tert-OH is 1. The summed E-state index contributed by atoms with van der Waals surface area (Å²) in [5.41, 5.74) is 0.676. The Morgan fingerprint density at radius 1 is 1.50 bits per heavy atom. The first-order chi connectivity index (χ1) is 10.6. The number of nitrogens with one attached hydrogen (secondary N) is 1. The Bertz CT molecular complexity index is 535. The number of hydrogen-bond donors (Lipinski definition) is 2. The zero-order valence-electron chi connectivity index (χ0n) is 12.6. The molecule has 0 aromatic carbocycles. The minimum absolute atomic E-state index is 0.0418. The van der Waals surface area contributed by atoms with Crippen LogP contribution >= 0.6 is 0 Å². The average molecular weight is 307 g/mol. The highest BCUT2D eigenvalue weighted by atomic mass is 16.5. The van der Waals surface area contributed by atoms with E-state index in [-0.39, 0.29) is 24.9 Å². The second-order valence-corrected chi connectivity index (χ2v) is 5.22. The van der Waals surface area contributed by atoms with Gasteiger partial charge in [0.25, 0.3) is 5.91 Å². The highest BCUT2D eigenvalue weighted by Gasteiger charge is 2.26. The summed E-state index contributed by atoms with van der Waals surface area (Å²) >= 11 is 0. The predicted octanol–water partition coefficient (Wildman–Crippen LogP) is 0.0798. The first-order valence-corrected chi connectivity index (χ1v) is 7.33. The molecule has 22 heavy (non-hydrogen) atoms. The van der Waals surface area contributed by atoms with Gasteiger partial charge in [-0.15, -0.1) is 0 Å². The van der Waals surface area contributed by atoms with Crippen molar-refractivity contribution in [1.29, 1.82) is 0 Å². The second-order valence-electron chi connectivity index (χ2n) is 5.22. The minimum atomic E-state index is -0.990. The fourth-order valence-corrected chi connectivity index (χ4v) is 2.33. The molecular weight excluding hydrogens is 286 g/mol. The number of aliphatic hydroxyl groups is 1. The largest absolute Gasteiger partial charge is 0.481 e. The molecule has 1 atom stereocenters. The zero-order valence-corrected chi connectivity index (χ0v) is 12.6. The quantitative estimate of drug-likeness (QED) is 0.804.